The lowest BCUT2D eigenvalue weighted by molar-refractivity contribution is -0.132. The number of aromatic nitrogens is 1. The van der Waals surface area contributed by atoms with Crippen molar-refractivity contribution >= 4 is 28.6 Å². The summed E-state index contributed by atoms with van der Waals surface area (Å²) in [5, 5.41) is 7.03. The van der Waals surface area contributed by atoms with E-state index in [0.717, 1.165) is 34.1 Å². The highest BCUT2D eigenvalue weighted by Gasteiger charge is 2.49. The van der Waals surface area contributed by atoms with Gasteiger partial charge >= 0.3 is 0 Å². The van der Waals surface area contributed by atoms with Crippen LogP contribution in [0.3, 0.4) is 0 Å². The predicted molar refractivity (Wildman–Crippen MR) is 139 cm³/mol. The number of nitrogens with one attached hydrogen (secondary N) is 3. The fourth-order valence-corrected chi connectivity index (χ4v) is 5.52. The first-order valence-electron chi connectivity index (χ1n) is 12.9. The van der Waals surface area contributed by atoms with Crippen LogP contribution in [0.4, 0.5) is 0 Å². The Labute approximate surface area is 211 Å². The van der Waals surface area contributed by atoms with Crippen LogP contribution in [0.2, 0.25) is 0 Å². The van der Waals surface area contributed by atoms with Gasteiger partial charge < -0.3 is 20.5 Å². The largest absolute Gasteiger partial charge is 0.356 e. The minimum absolute atomic E-state index is 0.0949. The number of amides is 3. The lowest BCUT2D eigenvalue weighted by Crippen LogP contribution is -2.57. The fourth-order valence-electron chi connectivity index (χ4n) is 5.52. The number of carbonyl (C=O) groups excluding carboxylic acids is 3. The molecule has 2 aliphatic rings. The monoisotopic (exact) mass is 486 g/mol. The Morgan fingerprint density at radius 3 is 2.53 bits per heavy atom. The zero-order chi connectivity index (χ0) is 25.6. The first kappa shape index (κ1) is 24.1. The molecular formula is C29H34N4O3. The van der Waals surface area contributed by atoms with E-state index in [9.17, 15) is 14.4 Å². The van der Waals surface area contributed by atoms with Gasteiger partial charge in [0, 0.05) is 35.1 Å². The summed E-state index contributed by atoms with van der Waals surface area (Å²) < 4.78 is 0. The number of hydrogen-bond acceptors (Lipinski definition) is 3. The minimum atomic E-state index is -0.716. The normalized spacial score (nSPS) is 19.3. The maximum Gasteiger partial charge on any atom is 0.255 e. The van der Waals surface area contributed by atoms with Gasteiger partial charge in [-0.3, -0.25) is 14.4 Å². The maximum absolute atomic E-state index is 13.8. The summed E-state index contributed by atoms with van der Waals surface area (Å²) >= 11 is 0. The molecule has 0 spiro atoms. The Morgan fingerprint density at radius 2 is 1.78 bits per heavy atom. The van der Waals surface area contributed by atoms with Gasteiger partial charge in [0.2, 0.25) is 11.8 Å². The molecule has 0 aliphatic carbocycles. The number of benzene rings is 2. The average molecular weight is 487 g/mol. The lowest BCUT2D eigenvalue weighted by atomic mass is 9.89. The molecule has 0 saturated heterocycles. The Morgan fingerprint density at radius 1 is 1.06 bits per heavy atom. The molecule has 0 saturated carbocycles. The van der Waals surface area contributed by atoms with Crippen LogP contribution in [0.1, 0.15) is 67.3 Å². The van der Waals surface area contributed by atoms with Crippen molar-refractivity contribution < 1.29 is 14.4 Å². The molecule has 36 heavy (non-hydrogen) atoms. The lowest BCUT2D eigenvalue weighted by Gasteiger charge is -2.38. The third kappa shape index (κ3) is 4.06. The first-order valence-corrected chi connectivity index (χ1v) is 12.9. The van der Waals surface area contributed by atoms with Crippen molar-refractivity contribution in [3.63, 3.8) is 0 Å². The topological polar surface area (TPSA) is 94.3 Å². The molecule has 5 rings (SSSR count). The summed E-state index contributed by atoms with van der Waals surface area (Å²) in [6, 6.07) is 13.9. The summed E-state index contributed by atoms with van der Waals surface area (Å²) in [7, 11) is 0. The zero-order valence-corrected chi connectivity index (χ0v) is 21.3. The van der Waals surface area contributed by atoms with Crippen LogP contribution in [-0.2, 0) is 16.0 Å². The number of fused-ring (bicyclic) bond motifs is 7. The highest BCUT2D eigenvalue weighted by Crippen LogP contribution is 2.46. The first-order chi connectivity index (χ1) is 17.3. The van der Waals surface area contributed by atoms with Gasteiger partial charge in [0.25, 0.3) is 5.91 Å². The smallest absolute Gasteiger partial charge is 0.255 e. The van der Waals surface area contributed by atoms with Gasteiger partial charge in [0.15, 0.2) is 0 Å². The van der Waals surface area contributed by atoms with E-state index in [2.05, 4.69) is 35.5 Å². The second-order valence-electron chi connectivity index (χ2n) is 10.7. The Kier molecular flexibility index (Phi) is 6.33. The molecule has 0 fully saturated rings. The molecule has 7 nitrogen and oxygen atoms in total. The summed E-state index contributed by atoms with van der Waals surface area (Å²) in [4.78, 5) is 45.6. The molecule has 3 atom stereocenters. The molecule has 7 heteroatoms. The maximum atomic E-state index is 13.8. The summed E-state index contributed by atoms with van der Waals surface area (Å²) in [6.07, 6.45) is 1.26. The fraction of sp³-hybridized carbons (Fsp3) is 0.414. The highest BCUT2D eigenvalue weighted by atomic mass is 16.2. The Hall–Kier alpha value is -3.61. The van der Waals surface area contributed by atoms with Gasteiger partial charge in [-0.2, -0.15) is 0 Å². The van der Waals surface area contributed by atoms with Crippen LogP contribution in [0.5, 0.6) is 0 Å². The van der Waals surface area contributed by atoms with E-state index < -0.39 is 12.1 Å². The molecule has 3 unspecified atom stereocenters. The molecule has 3 N–H and O–H groups in total. The molecule has 0 bridgehead atoms. The van der Waals surface area contributed by atoms with E-state index in [4.69, 9.17) is 0 Å². The quantitative estimate of drug-likeness (QED) is 0.472. The molecule has 1 aromatic heterocycles. The number of carbonyl (C=O) groups is 3. The van der Waals surface area contributed by atoms with Crippen LogP contribution in [0.15, 0.2) is 48.5 Å². The van der Waals surface area contributed by atoms with Crippen molar-refractivity contribution in [2.24, 2.45) is 11.8 Å². The van der Waals surface area contributed by atoms with Gasteiger partial charge in [0.1, 0.15) is 12.1 Å². The zero-order valence-electron chi connectivity index (χ0n) is 21.3. The molecule has 2 aromatic carbocycles. The van der Waals surface area contributed by atoms with Crippen molar-refractivity contribution in [2.45, 2.75) is 58.7 Å². The van der Waals surface area contributed by atoms with Gasteiger partial charge in [-0.05, 0) is 41.5 Å². The SMILES string of the molecule is CC(C)CCNC(=O)C(NC(=O)C1Cc2c([nH]c3ccccc23)C2c3ccccc3C(=O)N12)C(C)C. The van der Waals surface area contributed by atoms with Crippen molar-refractivity contribution in [2.75, 3.05) is 6.54 Å². The van der Waals surface area contributed by atoms with E-state index in [0.29, 0.717) is 24.4 Å². The minimum Gasteiger partial charge on any atom is -0.356 e. The summed E-state index contributed by atoms with van der Waals surface area (Å²) in [5.41, 5.74) is 4.53. The molecule has 0 radical (unpaired) electrons. The second-order valence-corrected chi connectivity index (χ2v) is 10.7. The van der Waals surface area contributed by atoms with Gasteiger partial charge in [-0.25, -0.2) is 0 Å². The van der Waals surface area contributed by atoms with Crippen LogP contribution in [0.25, 0.3) is 10.9 Å². The summed E-state index contributed by atoms with van der Waals surface area (Å²) in [5.74, 6) is -0.250. The number of para-hydroxylation sites is 1. The number of nitrogens with zero attached hydrogens (tertiary/aromatic N) is 1. The number of rotatable bonds is 7. The third-order valence-electron chi connectivity index (χ3n) is 7.42. The van der Waals surface area contributed by atoms with Crippen molar-refractivity contribution in [1.82, 2.24) is 20.5 Å². The van der Waals surface area contributed by atoms with E-state index in [1.807, 2.05) is 56.3 Å². The standard InChI is InChI=1S/C29H34N4O3/c1-16(2)13-14-30-28(35)24(17(3)4)32-27(34)23-15-21-18-9-7-8-12-22(18)31-25(21)26-19-10-5-6-11-20(19)29(36)33(23)26/h5-12,16-17,23-24,26,31H,13-15H2,1-4H3,(H,30,35)(H,32,34). The number of H-pyrrole nitrogens is 1. The van der Waals surface area contributed by atoms with Crippen LogP contribution < -0.4 is 10.6 Å². The van der Waals surface area contributed by atoms with Crippen LogP contribution in [-0.4, -0.2) is 46.2 Å². The Balaban J connectivity index is 1.49. The second kappa shape index (κ2) is 9.45. The number of aromatic amines is 1. The van der Waals surface area contributed by atoms with Gasteiger partial charge in [-0.15, -0.1) is 0 Å². The van der Waals surface area contributed by atoms with Crippen LogP contribution >= 0.6 is 0 Å². The van der Waals surface area contributed by atoms with Crippen molar-refractivity contribution in [3.05, 3.63) is 70.9 Å². The molecule has 188 valence electrons. The molecule has 3 amide bonds. The predicted octanol–water partition coefficient (Wildman–Crippen LogP) is 3.94. The van der Waals surface area contributed by atoms with Gasteiger partial charge in [-0.1, -0.05) is 64.1 Å². The van der Waals surface area contributed by atoms with Crippen molar-refractivity contribution in [1.29, 1.82) is 0 Å². The average Bonchev–Trinajstić information content (AvgIpc) is 3.37. The van der Waals surface area contributed by atoms with E-state index >= 15 is 0 Å². The van der Waals surface area contributed by atoms with E-state index in [-0.39, 0.29) is 29.7 Å². The van der Waals surface area contributed by atoms with E-state index in [1.54, 1.807) is 4.90 Å². The Bertz CT molecular complexity index is 1330. The number of hydrogen-bond donors (Lipinski definition) is 3. The van der Waals surface area contributed by atoms with E-state index in [1.165, 1.54) is 0 Å². The highest BCUT2D eigenvalue weighted by molar-refractivity contribution is 6.04. The molecule has 3 heterocycles. The van der Waals surface area contributed by atoms with Gasteiger partial charge in [0.05, 0.1) is 6.04 Å². The third-order valence-corrected chi connectivity index (χ3v) is 7.42. The summed E-state index contributed by atoms with van der Waals surface area (Å²) in [6.45, 7) is 8.63. The molecular weight excluding hydrogens is 452 g/mol. The molecule has 2 aliphatic heterocycles. The molecule has 3 aromatic rings. The van der Waals surface area contributed by atoms with Crippen molar-refractivity contribution in [3.8, 4) is 0 Å². The van der Waals surface area contributed by atoms with Crippen LogP contribution in [0, 0.1) is 11.8 Å².